The van der Waals surface area contributed by atoms with Crippen molar-refractivity contribution in [3.05, 3.63) is 142 Å². The van der Waals surface area contributed by atoms with E-state index in [4.69, 9.17) is 10.1 Å². The summed E-state index contributed by atoms with van der Waals surface area (Å²) in [7, 11) is 0. The van der Waals surface area contributed by atoms with Crippen LogP contribution >= 0.6 is 11.3 Å². The average Bonchev–Trinajstić information content (AvgIpc) is 3.66. The maximum absolute atomic E-state index is 9.87. The van der Waals surface area contributed by atoms with E-state index in [2.05, 4.69) is 71.7 Å². The fourth-order valence-electron chi connectivity index (χ4n) is 4.66. The molecule has 5 aromatic rings. The van der Waals surface area contributed by atoms with E-state index in [9.17, 15) is 5.26 Å². The molecule has 0 bridgehead atoms. The zero-order chi connectivity index (χ0) is 25.7. The van der Waals surface area contributed by atoms with E-state index in [-0.39, 0.29) is 6.04 Å². The number of thiazole rings is 1. The highest BCUT2D eigenvalue weighted by atomic mass is 32.1. The third-order valence-electron chi connectivity index (χ3n) is 6.59. The summed E-state index contributed by atoms with van der Waals surface area (Å²) in [5, 5.41) is 19.7. The lowest BCUT2D eigenvalue weighted by Gasteiger charge is -2.24. The molecule has 182 valence electrons. The summed E-state index contributed by atoms with van der Waals surface area (Å²) in [4.78, 5) is 4.71. The van der Waals surface area contributed by atoms with Gasteiger partial charge in [-0.3, -0.25) is 5.01 Å². The molecule has 0 spiro atoms. The third kappa shape index (κ3) is 4.90. The van der Waals surface area contributed by atoms with E-state index in [1.165, 1.54) is 16.9 Å². The molecule has 0 aliphatic carbocycles. The molecular weight excluding hydrogens is 484 g/mol. The third-order valence-corrected chi connectivity index (χ3v) is 7.47. The lowest BCUT2D eigenvalue weighted by molar-refractivity contribution is 0.709. The van der Waals surface area contributed by atoms with Crippen molar-refractivity contribution >= 4 is 34.4 Å². The molecule has 0 saturated heterocycles. The van der Waals surface area contributed by atoms with E-state index < -0.39 is 0 Å². The first kappa shape index (κ1) is 23.6. The molecular formula is C33H24N4S. The maximum Gasteiger partial charge on any atom is 0.134 e. The Morgan fingerprint density at radius 2 is 1.45 bits per heavy atom. The van der Waals surface area contributed by atoms with Gasteiger partial charge < -0.3 is 0 Å². The molecule has 1 aromatic heterocycles. The lowest BCUT2D eigenvalue weighted by Crippen LogP contribution is -2.18. The number of hydrogen-bond donors (Lipinski definition) is 0. The van der Waals surface area contributed by atoms with Crippen LogP contribution in [0.2, 0.25) is 0 Å². The number of rotatable bonds is 6. The van der Waals surface area contributed by atoms with Crippen LogP contribution in [0.25, 0.3) is 22.9 Å². The summed E-state index contributed by atoms with van der Waals surface area (Å²) < 4.78 is 0. The summed E-state index contributed by atoms with van der Waals surface area (Å²) in [6, 6.07) is 41.6. The van der Waals surface area contributed by atoms with E-state index in [0.29, 0.717) is 5.57 Å². The van der Waals surface area contributed by atoms with Gasteiger partial charge in [-0.25, -0.2) is 4.98 Å². The topological polar surface area (TPSA) is 52.3 Å². The summed E-state index contributed by atoms with van der Waals surface area (Å²) in [6.07, 6.45) is 2.73. The van der Waals surface area contributed by atoms with E-state index >= 15 is 0 Å². The van der Waals surface area contributed by atoms with E-state index in [1.807, 2.05) is 66.1 Å². The zero-order valence-electron chi connectivity index (χ0n) is 20.6. The quantitative estimate of drug-likeness (QED) is 0.217. The van der Waals surface area contributed by atoms with Gasteiger partial charge in [0.25, 0.3) is 0 Å². The second-order valence-electron chi connectivity index (χ2n) is 9.05. The largest absolute Gasteiger partial charge is 0.257 e. The van der Waals surface area contributed by atoms with Crippen LogP contribution < -0.4 is 5.01 Å². The van der Waals surface area contributed by atoms with Crippen LogP contribution in [0.4, 0.5) is 5.69 Å². The first-order valence-electron chi connectivity index (χ1n) is 12.5. The van der Waals surface area contributed by atoms with Gasteiger partial charge in [-0.2, -0.15) is 10.4 Å². The van der Waals surface area contributed by atoms with Crippen molar-refractivity contribution in [3.63, 3.8) is 0 Å². The van der Waals surface area contributed by atoms with Gasteiger partial charge in [0.2, 0.25) is 0 Å². The van der Waals surface area contributed by atoms with Gasteiger partial charge in [0.1, 0.15) is 11.1 Å². The molecule has 1 aliphatic heterocycles. The predicted molar refractivity (Wildman–Crippen MR) is 157 cm³/mol. The molecule has 1 atom stereocenters. The van der Waals surface area contributed by atoms with Crippen molar-refractivity contribution in [2.24, 2.45) is 5.10 Å². The Kier molecular flexibility index (Phi) is 6.63. The smallest absolute Gasteiger partial charge is 0.134 e. The van der Waals surface area contributed by atoms with Crippen LogP contribution in [-0.4, -0.2) is 10.7 Å². The molecule has 1 aliphatic rings. The molecule has 4 nitrogen and oxygen atoms in total. The van der Waals surface area contributed by atoms with E-state index in [1.54, 1.807) is 0 Å². The summed E-state index contributed by atoms with van der Waals surface area (Å²) in [5.41, 5.74) is 7.90. The fraction of sp³-hybridized carbons (Fsp3) is 0.0606. The molecule has 4 aromatic carbocycles. The van der Waals surface area contributed by atoms with Gasteiger partial charge in [-0.1, -0.05) is 103 Å². The number of hydrazone groups is 1. The number of allylic oxidation sites excluding steroid dienone is 1. The number of nitriles is 1. The van der Waals surface area contributed by atoms with Crippen LogP contribution in [0.15, 0.2) is 126 Å². The fourth-order valence-corrected chi connectivity index (χ4v) is 5.45. The molecule has 1 unspecified atom stereocenters. The molecule has 0 radical (unpaired) electrons. The SMILES string of the molecule is N#C/C(=C\c1ccc(N2N=C(c3ccccc3)CC2c2ccccc2)cc1)c1nc(-c2ccccc2)cs1. The molecule has 5 heteroatoms. The molecule has 6 rings (SSSR count). The number of aromatic nitrogens is 1. The first-order chi connectivity index (χ1) is 18.8. The van der Waals surface area contributed by atoms with Crippen molar-refractivity contribution in [1.82, 2.24) is 4.98 Å². The highest BCUT2D eigenvalue weighted by Gasteiger charge is 2.29. The Bertz CT molecular complexity index is 1630. The molecule has 0 N–H and O–H groups in total. The van der Waals surface area contributed by atoms with Gasteiger partial charge in [0.05, 0.1) is 28.7 Å². The van der Waals surface area contributed by atoms with Gasteiger partial charge >= 0.3 is 0 Å². The molecule has 0 fully saturated rings. The van der Waals surface area contributed by atoms with Gasteiger partial charge in [-0.05, 0) is 34.9 Å². The summed E-state index contributed by atoms with van der Waals surface area (Å²) in [6.45, 7) is 0. The molecule has 0 amide bonds. The Morgan fingerprint density at radius 1 is 0.816 bits per heavy atom. The average molecular weight is 509 g/mol. The summed E-state index contributed by atoms with van der Waals surface area (Å²) >= 11 is 1.49. The van der Waals surface area contributed by atoms with E-state index in [0.717, 1.165) is 45.2 Å². The molecule has 38 heavy (non-hydrogen) atoms. The Hall–Kier alpha value is -4.79. The zero-order valence-corrected chi connectivity index (χ0v) is 21.4. The van der Waals surface area contributed by atoms with Crippen LogP contribution in [0.3, 0.4) is 0 Å². The Balaban J connectivity index is 1.29. The second-order valence-corrected chi connectivity index (χ2v) is 9.91. The van der Waals surface area contributed by atoms with Gasteiger partial charge in [0, 0.05) is 17.4 Å². The number of hydrogen-bond acceptors (Lipinski definition) is 5. The molecule has 0 saturated carbocycles. The van der Waals surface area contributed by atoms with Crippen molar-refractivity contribution in [2.45, 2.75) is 12.5 Å². The van der Waals surface area contributed by atoms with Crippen LogP contribution in [-0.2, 0) is 0 Å². The minimum Gasteiger partial charge on any atom is -0.257 e. The maximum atomic E-state index is 9.87. The normalized spacial score (nSPS) is 15.2. The standard InChI is InChI=1S/C33H24N4S/c34-22-28(33-35-31(23-38-33)26-12-6-2-7-13-26)20-24-16-18-29(19-17-24)37-32(27-14-8-3-9-15-27)21-30(36-37)25-10-4-1-5-11-25/h1-20,23,32H,21H2/b28-20+. The molecule has 2 heterocycles. The van der Waals surface area contributed by atoms with Crippen LogP contribution in [0.1, 0.15) is 34.2 Å². The minimum absolute atomic E-state index is 0.120. The minimum atomic E-state index is 0.120. The van der Waals surface area contributed by atoms with Crippen LogP contribution in [0.5, 0.6) is 0 Å². The van der Waals surface area contributed by atoms with Crippen molar-refractivity contribution in [1.29, 1.82) is 5.26 Å². The number of nitrogens with zero attached hydrogens (tertiary/aromatic N) is 4. The highest BCUT2D eigenvalue weighted by molar-refractivity contribution is 7.11. The summed E-state index contributed by atoms with van der Waals surface area (Å²) in [5.74, 6) is 0. The monoisotopic (exact) mass is 508 g/mol. The van der Waals surface area contributed by atoms with Crippen LogP contribution in [0, 0.1) is 11.3 Å². The lowest BCUT2D eigenvalue weighted by atomic mass is 9.98. The first-order valence-corrected chi connectivity index (χ1v) is 13.4. The number of anilines is 1. The number of benzene rings is 4. The van der Waals surface area contributed by atoms with Gasteiger partial charge in [-0.15, -0.1) is 11.3 Å². The van der Waals surface area contributed by atoms with Crippen molar-refractivity contribution < 1.29 is 0 Å². The van der Waals surface area contributed by atoms with Crippen molar-refractivity contribution in [3.8, 4) is 17.3 Å². The van der Waals surface area contributed by atoms with Gasteiger partial charge in [0.15, 0.2) is 0 Å². The Labute approximate surface area is 226 Å². The predicted octanol–water partition coefficient (Wildman–Crippen LogP) is 8.23. The second kappa shape index (κ2) is 10.7. The Morgan fingerprint density at radius 3 is 2.11 bits per heavy atom. The highest BCUT2D eigenvalue weighted by Crippen LogP contribution is 2.37. The van der Waals surface area contributed by atoms with Crippen molar-refractivity contribution in [2.75, 3.05) is 5.01 Å².